The van der Waals surface area contributed by atoms with Crippen LogP contribution in [0.4, 0.5) is 0 Å². The molecule has 0 heterocycles. The molecule has 3 rings (SSSR count). The third-order valence-electron chi connectivity index (χ3n) is 6.18. The van der Waals surface area contributed by atoms with E-state index >= 15 is 0 Å². The predicted molar refractivity (Wildman–Crippen MR) is 124 cm³/mol. The highest BCUT2D eigenvalue weighted by atomic mass is 16.1. The summed E-state index contributed by atoms with van der Waals surface area (Å²) in [7, 11) is 0. The monoisotopic (exact) mass is 384 g/mol. The van der Waals surface area contributed by atoms with Crippen LogP contribution in [0.5, 0.6) is 0 Å². The third-order valence-corrected chi connectivity index (χ3v) is 6.18. The molecule has 2 atom stereocenters. The van der Waals surface area contributed by atoms with Crippen LogP contribution in [-0.4, -0.2) is 5.78 Å². The van der Waals surface area contributed by atoms with E-state index in [1.165, 1.54) is 27.8 Å². The van der Waals surface area contributed by atoms with E-state index in [1.54, 1.807) is 0 Å². The summed E-state index contributed by atoms with van der Waals surface area (Å²) < 4.78 is 0. The summed E-state index contributed by atoms with van der Waals surface area (Å²) in [6.45, 7) is 8.99. The number of carbonyl (C=O) groups is 1. The van der Waals surface area contributed by atoms with E-state index in [4.69, 9.17) is 0 Å². The molecule has 0 aliphatic heterocycles. The summed E-state index contributed by atoms with van der Waals surface area (Å²) >= 11 is 0. The van der Waals surface area contributed by atoms with Gasteiger partial charge < -0.3 is 0 Å². The first kappa shape index (κ1) is 21.0. The van der Waals surface area contributed by atoms with Crippen LogP contribution in [0.1, 0.15) is 79.4 Å². The molecule has 0 amide bonds. The van der Waals surface area contributed by atoms with Gasteiger partial charge in [-0.25, -0.2) is 0 Å². The molecule has 0 aliphatic rings. The van der Waals surface area contributed by atoms with Gasteiger partial charge in [-0.15, -0.1) is 0 Å². The van der Waals surface area contributed by atoms with E-state index in [2.05, 4.69) is 70.2 Å². The van der Waals surface area contributed by atoms with Gasteiger partial charge in [0.25, 0.3) is 0 Å². The second kappa shape index (κ2) is 9.69. The van der Waals surface area contributed by atoms with Crippen molar-refractivity contribution in [3.63, 3.8) is 0 Å². The van der Waals surface area contributed by atoms with Gasteiger partial charge >= 0.3 is 0 Å². The van der Waals surface area contributed by atoms with Crippen molar-refractivity contribution >= 4 is 5.78 Å². The van der Waals surface area contributed by atoms with E-state index in [-0.39, 0.29) is 5.78 Å². The molecule has 3 aromatic rings. The Morgan fingerprint density at radius 2 is 1.24 bits per heavy atom. The largest absolute Gasteiger partial charge is 0.294 e. The van der Waals surface area contributed by atoms with Gasteiger partial charge in [0.05, 0.1) is 0 Å². The van der Waals surface area contributed by atoms with E-state index in [0.717, 1.165) is 18.4 Å². The maximum absolute atomic E-state index is 13.1. The van der Waals surface area contributed by atoms with Crippen LogP contribution in [0, 0.1) is 0 Å². The fourth-order valence-electron chi connectivity index (χ4n) is 4.01. The Balaban J connectivity index is 2.15. The Kier molecular flexibility index (Phi) is 7.04. The van der Waals surface area contributed by atoms with E-state index in [9.17, 15) is 4.79 Å². The standard InChI is InChI=1S/C28H32O/c1-5-20(3)23-15-10-11-16-25(23)26-18-12-17-24(21(4)6-2)27(26)19-28(29)22-13-8-7-9-14-22/h7-18,20-21H,5-6,19H2,1-4H3. The molecule has 29 heavy (non-hydrogen) atoms. The van der Waals surface area contributed by atoms with Gasteiger partial charge in [-0.05, 0) is 52.5 Å². The molecule has 0 saturated carbocycles. The zero-order chi connectivity index (χ0) is 20.8. The molecule has 3 aromatic carbocycles. The van der Waals surface area contributed by atoms with Gasteiger partial charge in [0.1, 0.15) is 0 Å². The van der Waals surface area contributed by atoms with Gasteiger partial charge in [-0.2, -0.15) is 0 Å². The number of benzene rings is 3. The fraction of sp³-hybridized carbons (Fsp3) is 0.321. The molecule has 0 fully saturated rings. The van der Waals surface area contributed by atoms with Crippen molar-refractivity contribution in [2.45, 2.75) is 58.8 Å². The molecule has 0 bridgehead atoms. The van der Waals surface area contributed by atoms with E-state index in [1.807, 2.05) is 30.3 Å². The number of rotatable bonds is 8. The Morgan fingerprint density at radius 1 is 0.690 bits per heavy atom. The third kappa shape index (κ3) is 4.67. The molecule has 0 aromatic heterocycles. The maximum Gasteiger partial charge on any atom is 0.167 e. The topological polar surface area (TPSA) is 17.1 Å². The van der Waals surface area contributed by atoms with Crippen molar-refractivity contribution in [3.05, 3.63) is 95.1 Å². The lowest BCUT2D eigenvalue weighted by Crippen LogP contribution is -2.10. The molecule has 0 saturated heterocycles. The first-order valence-corrected chi connectivity index (χ1v) is 10.9. The zero-order valence-corrected chi connectivity index (χ0v) is 18.1. The molecule has 2 unspecified atom stereocenters. The summed E-state index contributed by atoms with van der Waals surface area (Å²) in [5.74, 6) is 1.09. The normalized spacial score (nSPS) is 13.1. The van der Waals surface area contributed by atoms with Crippen molar-refractivity contribution in [2.24, 2.45) is 0 Å². The molecule has 0 radical (unpaired) electrons. The van der Waals surface area contributed by atoms with Crippen molar-refractivity contribution in [3.8, 4) is 11.1 Å². The van der Waals surface area contributed by atoms with Crippen LogP contribution in [-0.2, 0) is 6.42 Å². The molecule has 150 valence electrons. The smallest absolute Gasteiger partial charge is 0.167 e. The Bertz CT molecular complexity index is 955. The van der Waals surface area contributed by atoms with E-state index in [0.29, 0.717) is 18.3 Å². The summed E-state index contributed by atoms with van der Waals surface area (Å²) in [5, 5.41) is 0. The van der Waals surface area contributed by atoms with Gasteiger partial charge in [-0.1, -0.05) is 100 Å². The lowest BCUT2D eigenvalue weighted by Gasteiger charge is -2.22. The van der Waals surface area contributed by atoms with Gasteiger partial charge in [0.2, 0.25) is 0 Å². The average molecular weight is 385 g/mol. The van der Waals surface area contributed by atoms with Crippen LogP contribution in [0.15, 0.2) is 72.8 Å². The van der Waals surface area contributed by atoms with Crippen LogP contribution >= 0.6 is 0 Å². The minimum Gasteiger partial charge on any atom is -0.294 e. The first-order chi connectivity index (χ1) is 14.1. The Labute approximate surface area is 175 Å². The molecule has 0 N–H and O–H groups in total. The SMILES string of the molecule is CCC(C)c1ccccc1-c1cccc(C(C)CC)c1CC(=O)c1ccccc1. The molecular weight excluding hydrogens is 352 g/mol. The van der Waals surface area contributed by atoms with Gasteiger partial charge in [0, 0.05) is 12.0 Å². The van der Waals surface area contributed by atoms with Crippen LogP contribution in [0.25, 0.3) is 11.1 Å². The number of ketones is 1. The van der Waals surface area contributed by atoms with Crippen molar-refractivity contribution in [1.29, 1.82) is 0 Å². The van der Waals surface area contributed by atoms with Crippen LogP contribution in [0.2, 0.25) is 0 Å². The first-order valence-electron chi connectivity index (χ1n) is 10.9. The van der Waals surface area contributed by atoms with Crippen molar-refractivity contribution in [1.82, 2.24) is 0 Å². The second-order valence-electron chi connectivity index (χ2n) is 8.05. The fourth-order valence-corrected chi connectivity index (χ4v) is 4.01. The average Bonchev–Trinajstić information content (AvgIpc) is 2.78. The molecule has 0 aliphatic carbocycles. The van der Waals surface area contributed by atoms with Gasteiger partial charge in [0.15, 0.2) is 5.78 Å². The number of carbonyl (C=O) groups excluding carboxylic acids is 1. The number of hydrogen-bond donors (Lipinski definition) is 0. The molecule has 0 spiro atoms. The lowest BCUT2D eigenvalue weighted by molar-refractivity contribution is 0.0992. The van der Waals surface area contributed by atoms with Crippen LogP contribution in [0.3, 0.4) is 0 Å². The van der Waals surface area contributed by atoms with Crippen LogP contribution < -0.4 is 0 Å². The van der Waals surface area contributed by atoms with E-state index < -0.39 is 0 Å². The minimum absolute atomic E-state index is 0.184. The summed E-state index contributed by atoms with van der Waals surface area (Å²) in [4.78, 5) is 13.1. The molecule has 1 heteroatoms. The zero-order valence-electron chi connectivity index (χ0n) is 18.1. The molecular formula is C28H32O. The summed E-state index contributed by atoms with van der Waals surface area (Å²) in [6, 6.07) is 24.9. The second-order valence-corrected chi connectivity index (χ2v) is 8.05. The number of hydrogen-bond acceptors (Lipinski definition) is 1. The lowest BCUT2D eigenvalue weighted by atomic mass is 9.82. The quantitative estimate of drug-likeness (QED) is 0.362. The Morgan fingerprint density at radius 3 is 1.93 bits per heavy atom. The highest BCUT2D eigenvalue weighted by molar-refractivity contribution is 5.98. The minimum atomic E-state index is 0.184. The maximum atomic E-state index is 13.1. The summed E-state index contributed by atoms with van der Waals surface area (Å²) in [5.41, 5.74) is 7.11. The van der Waals surface area contributed by atoms with Gasteiger partial charge in [-0.3, -0.25) is 4.79 Å². The highest BCUT2D eigenvalue weighted by Gasteiger charge is 2.20. The Hall–Kier alpha value is -2.67. The van der Waals surface area contributed by atoms with Crippen molar-refractivity contribution in [2.75, 3.05) is 0 Å². The molecule has 1 nitrogen and oxygen atoms in total. The predicted octanol–water partition coefficient (Wildman–Crippen LogP) is 7.81. The number of Topliss-reactive ketones (excluding diaryl/α,β-unsaturated/α-hetero) is 1. The summed E-state index contributed by atoms with van der Waals surface area (Å²) in [6.07, 6.45) is 2.60. The van der Waals surface area contributed by atoms with Crippen molar-refractivity contribution < 1.29 is 4.79 Å². The highest BCUT2D eigenvalue weighted by Crippen LogP contribution is 2.37.